The summed E-state index contributed by atoms with van der Waals surface area (Å²) < 4.78 is 19.9. The molecule has 4 atom stereocenters. The first kappa shape index (κ1) is 17.7. The summed E-state index contributed by atoms with van der Waals surface area (Å²) in [5.41, 5.74) is 4.27. The van der Waals surface area contributed by atoms with Crippen LogP contribution >= 0.6 is 0 Å². The Hall–Kier alpha value is -2.39. The molecule has 2 aliphatic heterocycles. The van der Waals surface area contributed by atoms with Crippen molar-refractivity contribution in [3.05, 3.63) is 42.5 Å². The summed E-state index contributed by atoms with van der Waals surface area (Å²) in [6.07, 6.45) is 1.56. The lowest BCUT2D eigenvalue weighted by Gasteiger charge is -2.24. The summed E-state index contributed by atoms with van der Waals surface area (Å²) in [7, 11) is 0. The van der Waals surface area contributed by atoms with E-state index in [9.17, 15) is 5.11 Å². The predicted molar refractivity (Wildman–Crippen MR) is 100 cm³/mol. The van der Waals surface area contributed by atoms with Gasteiger partial charge in [0.05, 0.1) is 12.9 Å². The van der Waals surface area contributed by atoms with Crippen molar-refractivity contribution in [3.63, 3.8) is 0 Å². The zero-order valence-electron chi connectivity index (χ0n) is 15.9. The van der Waals surface area contributed by atoms with Crippen LogP contribution in [0.4, 0.5) is 0 Å². The number of nitrogens with zero attached hydrogens (tertiary/aromatic N) is 4. The Balaban J connectivity index is 1.57. The van der Waals surface area contributed by atoms with Crippen LogP contribution in [0.5, 0.6) is 0 Å². The van der Waals surface area contributed by atoms with Crippen LogP contribution in [-0.2, 0) is 14.2 Å². The van der Waals surface area contributed by atoms with Crippen molar-refractivity contribution < 1.29 is 19.3 Å². The number of fused-ring (bicyclic) bond motifs is 2. The van der Waals surface area contributed by atoms with Crippen LogP contribution in [0, 0.1) is 6.92 Å². The molecule has 0 amide bonds. The van der Waals surface area contributed by atoms with Crippen LogP contribution in [0.2, 0.25) is 0 Å². The molecule has 0 saturated carbocycles. The molecule has 5 rings (SSSR count). The van der Waals surface area contributed by atoms with Crippen molar-refractivity contribution in [1.29, 1.82) is 0 Å². The number of aliphatic hydroxyl groups is 1. The molecule has 4 unspecified atom stereocenters. The molecular weight excluding hydrogens is 360 g/mol. The van der Waals surface area contributed by atoms with Gasteiger partial charge in [0.15, 0.2) is 17.7 Å². The summed E-state index contributed by atoms with van der Waals surface area (Å²) in [5.74, 6) is -0.733. The fourth-order valence-electron chi connectivity index (χ4n) is 3.99. The maximum atomic E-state index is 9.72. The largest absolute Gasteiger partial charge is 0.394 e. The van der Waals surface area contributed by atoms with E-state index in [2.05, 4.69) is 15.0 Å². The Morgan fingerprint density at radius 3 is 2.57 bits per heavy atom. The summed E-state index contributed by atoms with van der Waals surface area (Å²) in [4.78, 5) is 13.4. The SMILES string of the molecule is Cc1ccc(-c2ncnc3c2ncn3C2OC(CO)C3OC(C)(C)OC32)cc1. The van der Waals surface area contributed by atoms with E-state index in [1.54, 1.807) is 6.33 Å². The van der Waals surface area contributed by atoms with Gasteiger partial charge in [0.2, 0.25) is 0 Å². The third-order valence-electron chi connectivity index (χ3n) is 5.26. The first-order valence-corrected chi connectivity index (χ1v) is 9.33. The van der Waals surface area contributed by atoms with Gasteiger partial charge in [0.25, 0.3) is 0 Å². The molecule has 1 aromatic carbocycles. The second-order valence-electron chi connectivity index (χ2n) is 7.72. The third kappa shape index (κ3) is 2.72. The monoisotopic (exact) mass is 382 g/mol. The molecule has 0 radical (unpaired) electrons. The summed E-state index contributed by atoms with van der Waals surface area (Å²) in [6.45, 7) is 5.62. The maximum Gasteiger partial charge on any atom is 0.166 e. The molecule has 4 heterocycles. The number of aromatic nitrogens is 4. The zero-order valence-corrected chi connectivity index (χ0v) is 15.9. The van der Waals surface area contributed by atoms with Crippen molar-refractivity contribution in [2.75, 3.05) is 6.61 Å². The molecule has 2 aromatic heterocycles. The minimum absolute atomic E-state index is 0.145. The summed E-state index contributed by atoms with van der Waals surface area (Å²) in [6, 6.07) is 8.14. The number of hydrogen-bond acceptors (Lipinski definition) is 7. The molecule has 2 fully saturated rings. The first-order chi connectivity index (χ1) is 13.5. The van der Waals surface area contributed by atoms with Gasteiger partial charge in [-0.05, 0) is 20.8 Å². The van der Waals surface area contributed by atoms with Crippen molar-refractivity contribution in [2.24, 2.45) is 0 Å². The molecule has 2 saturated heterocycles. The van der Waals surface area contributed by atoms with Gasteiger partial charge in [-0.15, -0.1) is 0 Å². The van der Waals surface area contributed by atoms with Crippen LogP contribution in [0.15, 0.2) is 36.9 Å². The highest BCUT2D eigenvalue weighted by Crippen LogP contribution is 2.43. The zero-order chi connectivity index (χ0) is 19.5. The third-order valence-corrected chi connectivity index (χ3v) is 5.26. The average molecular weight is 382 g/mol. The fraction of sp³-hybridized carbons (Fsp3) is 0.450. The van der Waals surface area contributed by atoms with Crippen molar-refractivity contribution in [1.82, 2.24) is 19.5 Å². The van der Waals surface area contributed by atoms with E-state index in [4.69, 9.17) is 14.2 Å². The number of hydrogen-bond donors (Lipinski definition) is 1. The minimum atomic E-state index is -0.733. The lowest BCUT2D eigenvalue weighted by atomic mass is 10.1. The van der Waals surface area contributed by atoms with E-state index in [1.165, 1.54) is 11.9 Å². The van der Waals surface area contributed by atoms with Gasteiger partial charge in [0, 0.05) is 5.56 Å². The quantitative estimate of drug-likeness (QED) is 0.742. The smallest absolute Gasteiger partial charge is 0.166 e. The van der Waals surface area contributed by atoms with Crippen LogP contribution < -0.4 is 0 Å². The Morgan fingerprint density at radius 2 is 1.82 bits per heavy atom. The molecule has 146 valence electrons. The van der Waals surface area contributed by atoms with Crippen LogP contribution in [-0.4, -0.2) is 55.3 Å². The molecule has 8 heteroatoms. The number of rotatable bonds is 3. The van der Waals surface area contributed by atoms with Crippen LogP contribution in [0.1, 0.15) is 25.6 Å². The van der Waals surface area contributed by atoms with Gasteiger partial charge < -0.3 is 19.3 Å². The van der Waals surface area contributed by atoms with Gasteiger partial charge in [-0.25, -0.2) is 15.0 Å². The summed E-state index contributed by atoms with van der Waals surface area (Å²) in [5, 5.41) is 9.72. The van der Waals surface area contributed by atoms with E-state index in [1.807, 2.05) is 49.6 Å². The van der Waals surface area contributed by atoms with Crippen LogP contribution in [0.25, 0.3) is 22.4 Å². The summed E-state index contributed by atoms with van der Waals surface area (Å²) >= 11 is 0. The van der Waals surface area contributed by atoms with Gasteiger partial charge in [0.1, 0.15) is 35.8 Å². The van der Waals surface area contributed by atoms with Gasteiger partial charge in [-0.2, -0.15) is 0 Å². The Labute approximate surface area is 162 Å². The Morgan fingerprint density at radius 1 is 1.07 bits per heavy atom. The minimum Gasteiger partial charge on any atom is -0.394 e. The van der Waals surface area contributed by atoms with Crippen molar-refractivity contribution in [2.45, 2.75) is 51.1 Å². The highest BCUT2D eigenvalue weighted by atomic mass is 16.8. The Bertz CT molecular complexity index is 1020. The molecule has 3 aromatic rings. The van der Waals surface area contributed by atoms with E-state index in [-0.39, 0.29) is 18.8 Å². The van der Waals surface area contributed by atoms with E-state index in [0.717, 1.165) is 11.3 Å². The molecular formula is C20H22N4O4. The molecule has 2 aliphatic rings. The van der Waals surface area contributed by atoms with E-state index >= 15 is 0 Å². The topological polar surface area (TPSA) is 91.5 Å². The number of ether oxygens (including phenoxy) is 3. The standard InChI is InChI=1S/C20H22N4O4/c1-11-4-6-12(7-5-11)14-15-18(22-9-21-14)24(10-23-15)19-17-16(13(8-25)26-19)27-20(2,3)28-17/h4-7,9-10,13,16-17,19,25H,8H2,1-3H3. The average Bonchev–Trinajstić information content (AvgIpc) is 3.32. The first-order valence-electron chi connectivity index (χ1n) is 9.33. The second-order valence-corrected chi connectivity index (χ2v) is 7.72. The van der Waals surface area contributed by atoms with E-state index < -0.39 is 18.1 Å². The number of imidazole rings is 1. The molecule has 0 bridgehead atoms. The highest BCUT2D eigenvalue weighted by molar-refractivity contribution is 5.87. The van der Waals surface area contributed by atoms with Crippen molar-refractivity contribution >= 4 is 11.2 Å². The number of benzene rings is 1. The molecule has 0 aliphatic carbocycles. The van der Waals surface area contributed by atoms with E-state index in [0.29, 0.717) is 11.2 Å². The fourth-order valence-corrected chi connectivity index (χ4v) is 3.99. The van der Waals surface area contributed by atoms with Crippen LogP contribution in [0.3, 0.4) is 0 Å². The van der Waals surface area contributed by atoms with Gasteiger partial charge in [-0.1, -0.05) is 29.8 Å². The predicted octanol–water partition coefficient (Wildman–Crippen LogP) is 2.21. The number of aliphatic hydroxyl groups excluding tert-OH is 1. The van der Waals surface area contributed by atoms with Crippen molar-refractivity contribution in [3.8, 4) is 11.3 Å². The second kappa shape index (κ2) is 6.31. The molecule has 8 nitrogen and oxygen atoms in total. The molecule has 0 spiro atoms. The lowest BCUT2D eigenvalue weighted by molar-refractivity contribution is -0.199. The van der Waals surface area contributed by atoms with Gasteiger partial charge >= 0.3 is 0 Å². The highest BCUT2D eigenvalue weighted by Gasteiger charge is 2.55. The molecule has 1 N–H and O–H groups in total. The molecule has 28 heavy (non-hydrogen) atoms. The van der Waals surface area contributed by atoms with Gasteiger partial charge in [-0.3, -0.25) is 4.57 Å². The maximum absolute atomic E-state index is 9.72. The lowest BCUT2D eigenvalue weighted by Crippen LogP contribution is -2.31. The Kier molecular flexibility index (Phi) is 3.99. The normalized spacial score (nSPS) is 28.7. The number of aryl methyl sites for hydroxylation is 1.